The van der Waals surface area contributed by atoms with Gasteiger partial charge in [0.25, 0.3) is 0 Å². The molecule has 4 nitrogen and oxygen atoms in total. The predicted molar refractivity (Wildman–Crippen MR) is 77.8 cm³/mol. The average Bonchev–Trinajstić information content (AvgIpc) is 2.47. The summed E-state index contributed by atoms with van der Waals surface area (Å²) in [6.45, 7) is 0.721. The summed E-state index contributed by atoms with van der Waals surface area (Å²) in [5.74, 6) is -0.0490. The van der Waals surface area contributed by atoms with Crippen LogP contribution in [0.5, 0.6) is 5.75 Å². The number of methoxy groups -OCH3 is 1. The van der Waals surface area contributed by atoms with Crippen LogP contribution in [0.4, 0.5) is 0 Å². The van der Waals surface area contributed by atoms with Gasteiger partial charge in [-0.25, -0.2) is 0 Å². The third-order valence-corrected chi connectivity index (χ3v) is 4.23. The molecule has 1 aromatic rings. The standard InChI is InChI=1S/C16H23NO3/c1-17(11-12-7-3-6-10-15(12)20-2)14-9-5-4-8-13(14)16(18)19/h3,6-7,10,13-14H,4-5,8-9,11H2,1-2H3,(H,18,19). The van der Waals surface area contributed by atoms with Crippen LogP contribution >= 0.6 is 0 Å². The summed E-state index contributed by atoms with van der Waals surface area (Å²) in [6.07, 6.45) is 3.89. The van der Waals surface area contributed by atoms with Crippen LogP contribution in [0.25, 0.3) is 0 Å². The molecule has 2 rings (SSSR count). The molecule has 0 aliphatic heterocycles. The summed E-state index contributed by atoms with van der Waals surface area (Å²) < 4.78 is 5.36. The molecule has 0 spiro atoms. The molecule has 0 amide bonds. The number of hydrogen-bond acceptors (Lipinski definition) is 3. The van der Waals surface area contributed by atoms with Gasteiger partial charge in [0.1, 0.15) is 5.75 Å². The smallest absolute Gasteiger partial charge is 0.308 e. The van der Waals surface area contributed by atoms with Crippen molar-refractivity contribution in [2.45, 2.75) is 38.3 Å². The van der Waals surface area contributed by atoms with Gasteiger partial charge in [-0.2, -0.15) is 0 Å². The topological polar surface area (TPSA) is 49.8 Å². The lowest BCUT2D eigenvalue weighted by Gasteiger charge is -2.36. The molecule has 0 heterocycles. The van der Waals surface area contributed by atoms with Crippen LogP contribution in [0.3, 0.4) is 0 Å². The first-order chi connectivity index (χ1) is 9.63. The number of rotatable bonds is 5. The van der Waals surface area contributed by atoms with Gasteiger partial charge in [0.2, 0.25) is 0 Å². The third kappa shape index (κ3) is 3.31. The minimum atomic E-state index is -0.665. The third-order valence-electron chi connectivity index (χ3n) is 4.23. The molecule has 110 valence electrons. The zero-order chi connectivity index (χ0) is 14.5. The Hall–Kier alpha value is -1.55. The Balaban J connectivity index is 2.09. The Morgan fingerprint density at radius 1 is 1.35 bits per heavy atom. The van der Waals surface area contributed by atoms with Crippen molar-refractivity contribution in [3.63, 3.8) is 0 Å². The van der Waals surface area contributed by atoms with Crippen LogP contribution < -0.4 is 4.74 Å². The number of carboxylic acids is 1. The molecule has 1 fully saturated rings. The average molecular weight is 277 g/mol. The first-order valence-electron chi connectivity index (χ1n) is 7.18. The molecule has 0 radical (unpaired) electrons. The highest BCUT2D eigenvalue weighted by Gasteiger charge is 2.33. The summed E-state index contributed by atoms with van der Waals surface area (Å²) in [6, 6.07) is 8.03. The maximum absolute atomic E-state index is 11.4. The van der Waals surface area contributed by atoms with Crippen molar-refractivity contribution in [2.75, 3.05) is 14.2 Å². The van der Waals surface area contributed by atoms with Crippen LogP contribution in [0, 0.1) is 5.92 Å². The van der Waals surface area contributed by atoms with Crippen molar-refractivity contribution >= 4 is 5.97 Å². The van der Waals surface area contributed by atoms with Crippen LogP contribution in [0.2, 0.25) is 0 Å². The van der Waals surface area contributed by atoms with Crippen LogP contribution in [0.15, 0.2) is 24.3 Å². The van der Waals surface area contributed by atoms with Crippen molar-refractivity contribution in [2.24, 2.45) is 5.92 Å². The molecule has 20 heavy (non-hydrogen) atoms. The van der Waals surface area contributed by atoms with E-state index in [4.69, 9.17) is 4.74 Å². The van der Waals surface area contributed by atoms with E-state index in [0.717, 1.165) is 43.5 Å². The second kappa shape index (κ2) is 6.75. The maximum Gasteiger partial charge on any atom is 0.308 e. The number of ether oxygens (including phenoxy) is 1. The highest BCUT2D eigenvalue weighted by Crippen LogP contribution is 2.30. The second-order valence-electron chi connectivity index (χ2n) is 5.52. The van der Waals surface area contributed by atoms with Crippen LogP contribution in [0.1, 0.15) is 31.2 Å². The quantitative estimate of drug-likeness (QED) is 0.899. The molecule has 0 bridgehead atoms. The van der Waals surface area contributed by atoms with Gasteiger partial charge < -0.3 is 9.84 Å². The summed E-state index contributed by atoms with van der Waals surface area (Å²) in [5, 5.41) is 9.37. The molecule has 1 saturated carbocycles. The zero-order valence-corrected chi connectivity index (χ0v) is 12.2. The predicted octanol–water partition coefficient (Wildman–Crippen LogP) is 2.77. The normalized spacial score (nSPS) is 22.8. The molecule has 1 aliphatic rings. The Morgan fingerprint density at radius 3 is 2.75 bits per heavy atom. The van der Waals surface area contributed by atoms with E-state index < -0.39 is 5.97 Å². The first kappa shape index (κ1) is 14.9. The highest BCUT2D eigenvalue weighted by atomic mass is 16.5. The van der Waals surface area contributed by atoms with E-state index in [9.17, 15) is 9.90 Å². The van der Waals surface area contributed by atoms with Crippen molar-refractivity contribution < 1.29 is 14.6 Å². The van der Waals surface area contributed by atoms with Gasteiger partial charge in [-0.15, -0.1) is 0 Å². The Kier molecular flexibility index (Phi) is 5.01. The Labute approximate surface area is 120 Å². The van der Waals surface area contributed by atoms with E-state index in [-0.39, 0.29) is 12.0 Å². The lowest BCUT2D eigenvalue weighted by molar-refractivity contribution is -0.145. The molecule has 4 heteroatoms. The Bertz CT molecular complexity index is 461. The monoisotopic (exact) mass is 277 g/mol. The lowest BCUT2D eigenvalue weighted by Crippen LogP contribution is -2.43. The lowest BCUT2D eigenvalue weighted by atomic mass is 9.83. The fraction of sp³-hybridized carbons (Fsp3) is 0.562. The fourth-order valence-electron chi connectivity index (χ4n) is 3.15. The van der Waals surface area contributed by atoms with Crippen molar-refractivity contribution in [1.29, 1.82) is 0 Å². The number of aliphatic carboxylic acids is 1. The van der Waals surface area contributed by atoms with Crippen molar-refractivity contribution in [3.8, 4) is 5.75 Å². The van der Waals surface area contributed by atoms with Crippen LogP contribution in [-0.4, -0.2) is 36.2 Å². The minimum Gasteiger partial charge on any atom is -0.496 e. The number of nitrogens with zero attached hydrogens (tertiary/aromatic N) is 1. The summed E-state index contributed by atoms with van der Waals surface area (Å²) in [4.78, 5) is 13.6. The summed E-state index contributed by atoms with van der Waals surface area (Å²) in [5.41, 5.74) is 1.10. The Morgan fingerprint density at radius 2 is 2.05 bits per heavy atom. The molecule has 1 aliphatic carbocycles. The summed E-state index contributed by atoms with van der Waals surface area (Å²) in [7, 11) is 3.68. The van der Waals surface area contributed by atoms with Gasteiger partial charge in [-0.3, -0.25) is 9.69 Å². The molecular formula is C16H23NO3. The summed E-state index contributed by atoms with van der Waals surface area (Å²) >= 11 is 0. The van der Waals surface area contributed by atoms with Gasteiger partial charge in [-0.1, -0.05) is 31.0 Å². The molecule has 1 N–H and O–H groups in total. The molecule has 2 unspecified atom stereocenters. The SMILES string of the molecule is COc1ccccc1CN(C)C1CCCCC1C(=O)O. The molecule has 2 atom stereocenters. The number of hydrogen-bond donors (Lipinski definition) is 1. The van der Waals surface area contributed by atoms with E-state index in [1.165, 1.54) is 0 Å². The van der Waals surface area contributed by atoms with Gasteiger partial charge >= 0.3 is 5.97 Å². The van der Waals surface area contributed by atoms with E-state index >= 15 is 0 Å². The second-order valence-corrected chi connectivity index (χ2v) is 5.52. The number of carbonyl (C=O) groups is 1. The molecule has 1 aromatic carbocycles. The largest absolute Gasteiger partial charge is 0.496 e. The maximum atomic E-state index is 11.4. The number of carboxylic acid groups (broad SMARTS) is 1. The van der Waals surface area contributed by atoms with Gasteiger partial charge in [0.05, 0.1) is 13.0 Å². The van der Waals surface area contributed by atoms with E-state index in [0.29, 0.717) is 0 Å². The van der Waals surface area contributed by atoms with Crippen molar-refractivity contribution in [1.82, 2.24) is 4.90 Å². The highest BCUT2D eigenvalue weighted by molar-refractivity contribution is 5.71. The van der Waals surface area contributed by atoms with Crippen LogP contribution in [-0.2, 0) is 11.3 Å². The number of para-hydroxylation sites is 1. The molecular weight excluding hydrogens is 254 g/mol. The zero-order valence-electron chi connectivity index (χ0n) is 12.2. The minimum absolute atomic E-state index is 0.117. The van der Waals surface area contributed by atoms with Gasteiger partial charge in [-0.05, 0) is 26.0 Å². The molecule has 0 aromatic heterocycles. The van der Waals surface area contributed by atoms with Gasteiger partial charge in [0, 0.05) is 18.2 Å². The number of benzene rings is 1. The first-order valence-corrected chi connectivity index (χ1v) is 7.18. The van der Waals surface area contributed by atoms with E-state index in [1.807, 2.05) is 31.3 Å². The van der Waals surface area contributed by atoms with Crippen molar-refractivity contribution in [3.05, 3.63) is 29.8 Å². The van der Waals surface area contributed by atoms with Gasteiger partial charge in [0.15, 0.2) is 0 Å². The molecule has 0 saturated heterocycles. The van der Waals surface area contributed by atoms with E-state index in [2.05, 4.69) is 4.90 Å². The fourth-order valence-corrected chi connectivity index (χ4v) is 3.15. The van der Waals surface area contributed by atoms with E-state index in [1.54, 1.807) is 7.11 Å².